The Kier molecular flexibility index (Phi) is 6.50. The van der Waals surface area contributed by atoms with Crippen LogP contribution in [0, 0.1) is 13.8 Å². The molecule has 3 heterocycles. The Labute approximate surface area is 205 Å². The highest BCUT2D eigenvalue weighted by atomic mass is 16.1. The van der Waals surface area contributed by atoms with Crippen LogP contribution in [-0.4, -0.2) is 37.7 Å². The minimum Gasteiger partial charge on any atom is -0.373 e. The van der Waals surface area contributed by atoms with Crippen LogP contribution in [0.15, 0.2) is 55.1 Å². The van der Waals surface area contributed by atoms with Crippen molar-refractivity contribution in [1.82, 2.24) is 24.7 Å². The lowest BCUT2D eigenvalue weighted by Gasteiger charge is -2.19. The molecule has 0 radical (unpaired) electrons. The first-order chi connectivity index (χ1) is 16.6. The third kappa shape index (κ3) is 5.46. The van der Waals surface area contributed by atoms with Crippen molar-refractivity contribution < 1.29 is 4.79 Å². The quantitative estimate of drug-likeness (QED) is 0.363. The highest BCUT2D eigenvalue weighted by Crippen LogP contribution is 2.26. The molecule has 9 heteroatoms. The van der Waals surface area contributed by atoms with E-state index in [-0.39, 0.29) is 11.3 Å². The summed E-state index contributed by atoms with van der Waals surface area (Å²) in [6.45, 7) is 10.2. The first kappa shape index (κ1) is 23.9. The van der Waals surface area contributed by atoms with E-state index in [1.54, 1.807) is 17.9 Å². The van der Waals surface area contributed by atoms with Gasteiger partial charge in [0.2, 0.25) is 0 Å². The van der Waals surface area contributed by atoms with Gasteiger partial charge in [-0.25, -0.2) is 9.97 Å². The van der Waals surface area contributed by atoms with Crippen LogP contribution in [0.25, 0.3) is 5.82 Å². The molecule has 3 aromatic heterocycles. The maximum Gasteiger partial charge on any atom is 0.255 e. The Balaban J connectivity index is 1.60. The lowest BCUT2D eigenvalue weighted by molar-refractivity contribution is 0.102. The van der Waals surface area contributed by atoms with E-state index in [2.05, 4.69) is 56.8 Å². The molecule has 4 rings (SSSR count). The zero-order valence-corrected chi connectivity index (χ0v) is 20.8. The van der Waals surface area contributed by atoms with Crippen molar-refractivity contribution in [3.63, 3.8) is 0 Å². The Morgan fingerprint density at radius 1 is 1.00 bits per heavy atom. The van der Waals surface area contributed by atoms with Gasteiger partial charge in [0.05, 0.1) is 17.6 Å². The summed E-state index contributed by atoms with van der Waals surface area (Å²) in [6.07, 6.45) is 4.97. The molecule has 0 saturated heterocycles. The topological polar surface area (TPSA) is 110 Å². The summed E-state index contributed by atoms with van der Waals surface area (Å²) < 4.78 is 1.72. The molecule has 0 spiro atoms. The van der Waals surface area contributed by atoms with Gasteiger partial charge in [0, 0.05) is 36.6 Å². The molecule has 0 aliphatic heterocycles. The molecule has 9 nitrogen and oxygen atoms in total. The van der Waals surface area contributed by atoms with Gasteiger partial charge in [-0.2, -0.15) is 9.78 Å². The second kappa shape index (κ2) is 9.54. The number of benzene rings is 1. The highest BCUT2D eigenvalue weighted by Gasteiger charge is 2.16. The third-order valence-corrected chi connectivity index (χ3v) is 5.58. The second-order valence-corrected chi connectivity index (χ2v) is 9.42. The van der Waals surface area contributed by atoms with Gasteiger partial charge in [-0.1, -0.05) is 26.8 Å². The lowest BCUT2D eigenvalue weighted by Crippen LogP contribution is -2.15. The average Bonchev–Trinajstić information content (AvgIpc) is 3.20. The van der Waals surface area contributed by atoms with Crippen molar-refractivity contribution in [1.29, 1.82) is 0 Å². The van der Waals surface area contributed by atoms with Gasteiger partial charge in [0.25, 0.3) is 5.91 Å². The molecule has 1 amide bonds. The van der Waals surface area contributed by atoms with Gasteiger partial charge >= 0.3 is 0 Å². The lowest BCUT2D eigenvalue weighted by atomic mass is 9.88. The van der Waals surface area contributed by atoms with E-state index >= 15 is 0 Å². The van der Waals surface area contributed by atoms with E-state index < -0.39 is 0 Å². The summed E-state index contributed by atoms with van der Waals surface area (Å²) in [7, 11) is 1.80. The smallest absolute Gasteiger partial charge is 0.255 e. The predicted octanol–water partition coefficient (Wildman–Crippen LogP) is 5.01. The summed E-state index contributed by atoms with van der Waals surface area (Å²) in [5.74, 6) is 1.83. The summed E-state index contributed by atoms with van der Waals surface area (Å²) in [6, 6.07) is 11.3. The van der Waals surface area contributed by atoms with Crippen LogP contribution in [0.3, 0.4) is 0 Å². The molecule has 0 unspecified atom stereocenters. The Morgan fingerprint density at radius 2 is 1.80 bits per heavy atom. The molecular weight excluding hydrogens is 440 g/mol. The summed E-state index contributed by atoms with van der Waals surface area (Å²) in [5.41, 5.74) is 4.79. The largest absolute Gasteiger partial charge is 0.373 e. The summed E-state index contributed by atoms with van der Waals surface area (Å²) in [5, 5.41) is 14.0. The Bertz CT molecular complexity index is 1370. The molecule has 1 aromatic carbocycles. The molecule has 0 bridgehead atoms. The summed E-state index contributed by atoms with van der Waals surface area (Å²) in [4.78, 5) is 25.9. The highest BCUT2D eigenvalue weighted by molar-refractivity contribution is 6.05. The Hall–Kier alpha value is -4.27. The van der Waals surface area contributed by atoms with Gasteiger partial charge < -0.3 is 16.0 Å². The second-order valence-electron chi connectivity index (χ2n) is 9.42. The molecule has 0 aliphatic rings. The van der Waals surface area contributed by atoms with Crippen LogP contribution >= 0.6 is 0 Å². The molecule has 0 aliphatic carbocycles. The number of amides is 1. The van der Waals surface area contributed by atoms with Crippen molar-refractivity contribution >= 4 is 28.9 Å². The minimum atomic E-state index is -0.208. The van der Waals surface area contributed by atoms with Crippen molar-refractivity contribution in [2.24, 2.45) is 0 Å². The van der Waals surface area contributed by atoms with Gasteiger partial charge in [-0.15, -0.1) is 0 Å². The molecule has 3 N–H and O–H groups in total. The zero-order valence-electron chi connectivity index (χ0n) is 20.8. The number of carbonyl (C=O) groups is 1. The van der Waals surface area contributed by atoms with E-state index in [9.17, 15) is 4.79 Å². The number of hydrogen-bond donors (Lipinski definition) is 3. The molecule has 0 saturated carbocycles. The zero-order chi connectivity index (χ0) is 25.2. The fourth-order valence-electron chi connectivity index (χ4n) is 3.52. The van der Waals surface area contributed by atoms with Crippen LogP contribution in [0.5, 0.6) is 0 Å². The fourth-order valence-corrected chi connectivity index (χ4v) is 3.52. The number of pyridine rings is 1. The third-order valence-electron chi connectivity index (χ3n) is 5.58. The SMILES string of the molecule is CNc1cc(-n2nc(C)cc2Nc2cc(C(=O)Nc3cncc(C(C)(C)C)c3)ccc2C)ncn1. The van der Waals surface area contributed by atoms with Crippen molar-refractivity contribution in [2.75, 3.05) is 23.0 Å². The van der Waals surface area contributed by atoms with Crippen LogP contribution in [0.2, 0.25) is 0 Å². The van der Waals surface area contributed by atoms with E-state index in [0.717, 1.165) is 28.3 Å². The monoisotopic (exact) mass is 470 g/mol. The number of rotatable bonds is 6. The first-order valence-electron chi connectivity index (χ1n) is 11.4. The van der Waals surface area contributed by atoms with E-state index in [1.807, 2.05) is 56.4 Å². The standard InChI is InChI=1S/C26H30N8O/c1-16-7-8-18(25(35)31-20-11-19(13-28-14-20)26(3,4)5)10-21(16)32-24-9-17(2)33-34(24)23-12-22(27-6)29-15-30-23/h7-15,32H,1-6H3,(H,31,35)(H,27,29,30). The molecule has 0 fully saturated rings. The number of nitrogens with one attached hydrogen (secondary N) is 3. The van der Waals surface area contributed by atoms with Crippen LogP contribution in [-0.2, 0) is 5.41 Å². The van der Waals surface area contributed by atoms with Crippen LogP contribution < -0.4 is 16.0 Å². The minimum absolute atomic E-state index is 0.0621. The van der Waals surface area contributed by atoms with Crippen LogP contribution in [0.4, 0.5) is 23.0 Å². The van der Waals surface area contributed by atoms with Crippen molar-refractivity contribution in [3.05, 3.63) is 77.5 Å². The summed E-state index contributed by atoms with van der Waals surface area (Å²) >= 11 is 0. The van der Waals surface area contributed by atoms with Crippen molar-refractivity contribution in [3.8, 4) is 5.82 Å². The van der Waals surface area contributed by atoms with Gasteiger partial charge in [0.1, 0.15) is 18.0 Å². The van der Waals surface area contributed by atoms with Gasteiger partial charge in [-0.05, 0) is 48.6 Å². The number of aromatic nitrogens is 5. The molecular formula is C26H30N8O. The number of aryl methyl sites for hydroxylation is 2. The normalized spacial score (nSPS) is 11.3. The Morgan fingerprint density at radius 3 is 2.54 bits per heavy atom. The fraction of sp³-hybridized carbons (Fsp3) is 0.269. The van der Waals surface area contributed by atoms with Crippen LogP contribution in [0.1, 0.15) is 48.0 Å². The number of hydrogen-bond acceptors (Lipinski definition) is 7. The van der Waals surface area contributed by atoms with Gasteiger partial charge in [-0.3, -0.25) is 9.78 Å². The van der Waals surface area contributed by atoms with E-state index in [1.165, 1.54) is 6.33 Å². The number of nitrogens with zero attached hydrogens (tertiary/aromatic N) is 5. The maximum atomic E-state index is 13.0. The molecule has 4 aromatic rings. The maximum absolute atomic E-state index is 13.0. The first-order valence-corrected chi connectivity index (χ1v) is 11.4. The molecule has 180 valence electrons. The molecule has 35 heavy (non-hydrogen) atoms. The van der Waals surface area contributed by atoms with Crippen molar-refractivity contribution in [2.45, 2.75) is 40.0 Å². The molecule has 0 atom stereocenters. The van der Waals surface area contributed by atoms with E-state index in [4.69, 9.17) is 0 Å². The number of carbonyl (C=O) groups excluding carboxylic acids is 1. The average molecular weight is 471 g/mol. The van der Waals surface area contributed by atoms with E-state index in [0.29, 0.717) is 22.9 Å². The predicted molar refractivity (Wildman–Crippen MR) is 139 cm³/mol. The number of anilines is 4. The van der Waals surface area contributed by atoms with Gasteiger partial charge in [0.15, 0.2) is 5.82 Å².